The Kier molecular flexibility index (Phi) is 5.72. The molecule has 1 aliphatic rings. The zero-order valence-electron chi connectivity index (χ0n) is 15.9. The summed E-state index contributed by atoms with van der Waals surface area (Å²) in [6.07, 6.45) is 0. The lowest BCUT2D eigenvalue weighted by Gasteiger charge is -2.13. The molecule has 1 aliphatic heterocycles. The van der Waals surface area contributed by atoms with Crippen LogP contribution in [0.5, 0.6) is 0 Å². The van der Waals surface area contributed by atoms with Gasteiger partial charge in [0.05, 0.1) is 22.4 Å². The highest BCUT2D eigenvalue weighted by molar-refractivity contribution is 6.34. The number of hydrogen-bond acceptors (Lipinski definition) is 5. The van der Waals surface area contributed by atoms with Crippen molar-refractivity contribution < 1.29 is 28.3 Å². The minimum atomic E-state index is -0.784. The fourth-order valence-electron chi connectivity index (χ4n) is 2.78. The molecule has 0 saturated heterocycles. The smallest absolute Gasteiger partial charge is 0.338 e. The highest BCUT2D eigenvalue weighted by Gasteiger charge is 2.37. The van der Waals surface area contributed by atoms with Gasteiger partial charge in [-0.1, -0.05) is 13.8 Å². The van der Waals surface area contributed by atoms with Crippen LogP contribution < -0.4 is 10.2 Å². The normalized spacial score (nSPS) is 12.9. The SMILES string of the molecule is CC(C)CNC(=O)COC(=O)c1ccc2c(c1)C(=O)N(c1ccc(F)cc1)C2=O. The molecular formula is C21H19FN2O5. The molecule has 3 amide bonds. The van der Waals surface area contributed by atoms with Crippen LogP contribution in [0.1, 0.15) is 44.9 Å². The number of fused-ring (bicyclic) bond motifs is 1. The Morgan fingerprint density at radius 1 is 1.03 bits per heavy atom. The van der Waals surface area contributed by atoms with Crippen molar-refractivity contribution in [2.45, 2.75) is 13.8 Å². The summed E-state index contributed by atoms with van der Waals surface area (Å²) in [5.74, 6) is -2.63. The Balaban J connectivity index is 1.73. The standard InChI is InChI=1S/C21H19FN2O5/c1-12(2)10-23-18(25)11-29-21(28)13-3-8-16-17(9-13)20(27)24(19(16)26)15-6-4-14(22)5-7-15/h3-9,12H,10-11H2,1-2H3,(H,23,25). The number of carbonyl (C=O) groups is 4. The van der Waals surface area contributed by atoms with Gasteiger partial charge in [-0.2, -0.15) is 0 Å². The molecule has 7 nitrogen and oxygen atoms in total. The van der Waals surface area contributed by atoms with Gasteiger partial charge in [-0.3, -0.25) is 14.4 Å². The van der Waals surface area contributed by atoms with Gasteiger partial charge in [-0.25, -0.2) is 14.1 Å². The third-order valence-electron chi connectivity index (χ3n) is 4.25. The first-order chi connectivity index (χ1) is 13.8. The molecule has 150 valence electrons. The van der Waals surface area contributed by atoms with E-state index in [1.165, 1.54) is 30.3 Å². The van der Waals surface area contributed by atoms with Gasteiger partial charge in [0.2, 0.25) is 0 Å². The van der Waals surface area contributed by atoms with E-state index in [0.29, 0.717) is 6.54 Å². The van der Waals surface area contributed by atoms with Crippen molar-refractivity contribution in [2.24, 2.45) is 5.92 Å². The maximum absolute atomic E-state index is 13.1. The van der Waals surface area contributed by atoms with Crippen LogP contribution in [0, 0.1) is 11.7 Å². The van der Waals surface area contributed by atoms with Gasteiger partial charge in [0.1, 0.15) is 5.82 Å². The van der Waals surface area contributed by atoms with Gasteiger partial charge >= 0.3 is 5.97 Å². The van der Waals surface area contributed by atoms with Crippen molar-refractivity contribution in [3.05, 3.63) is 65.0 Å². The molecule has 1 heterocycles. The van der Waals surface area contributed by atoms with Crippen molar-refractivity contribution >= 4 is 29.4 Å². The summed E-state index contributed by atoms with van der Waals surface area (Å²) >= 11 is 0. The average molecular weight is 398 g/mol. The topological polar surface area (TPSA) is 92.8 Å². The van der Waals surface area contributed by atoms with Gasteiger partial charge in [-0.05, 0) is 48.4 Å². The molecule has 1 N–H and O–H groups in total. The summed E-state index contributed by atoms with van der Waals surface area (Å²) in [6, 6.07) is 8.90. The zero-order chi connectivity index (χ0) is 21.1. The van der Waals surface area contributed by atoms with Crippen LogP contribution in [-0.4, -0.2) is 36.8 Å². The lowest BCUT2D eigenvalue weighted by Crippen LogP contribution is -2.31. The highest BCUT2D eigenvalue weighted by atomic mass is 19.1. The fourth-order valence-corrected chi connectivity index (χ4v) is 2.78. The quantitative estimate of drug-likeness (QED) is 0.596. The van der Waals surface area contributed by atoms with Crippen LogP contribution in [0.3, 0.4) is 0 Å². The maximum atomic E-state index is 13.1. The van der Waals surface area contributed by atoms with Gasteiger partial charge in [0, 0.05) is 6.54 Å². The molecular weight excluding hydrogens is 379 g/mol. The van der Waals surface area contributed by atoms with E-state index >= 15 is 0 Å². The predicted octanol–water partition coefficient (Wildman–Crippen LogP) is 2.56. The lowest BCUT2D eigenvalue weighted by molar-refractivity contribution is -0.124. The monoisotopic (exact) mass is 398 g/mol. The Labute approximate surface area is 166 Å². The number of nitrogens with one attached hydrogen (secondary N) is 1. The second kappa shape index (κ2) is 8.22. The summed E-state index contributed by atoms with van der Waals surface area (Å²) in [6.45, 7) is 3.89. The van der Waals surface area contributed by atoms with E-state index in [4.69, 9.17) is 4.74 Å². The largest absolute Gasteiger partial charge is 0.452 e. The first kappa shape index (κ1) is 20.2. The molecule has 0 fully saturated rings. The number of anilines is 1. The molecule has 0 atom stereocenters. The van der Waals surface area contributed by atoms with Crippen LogP contribution in [0.2, 0.25) is 0 Å². The third-order valence-corrected chi connectivity index (χ3v) is 4.25. The molecule has 0 bridgehead atoms. The summed E-state index contributed by atoms with van der Waals surface area (Å²) in [4.78, 5) is 50.0. The molecule has 0 aliphatic carbocycles. The zero-order valence-corrected chi connectivity index (χ0v) is 15.9. The molecule has 29 heavy (non-hydrogen) atoms. The average Bonchev–Trinajstić information content (AvgIpc) is 2.95. The van der Waals surface area contributed by atoms with Crippen LogP contribution >= 0.6 is 0 Å². The summed E-state index contributed by atoms with van der Waals surface area (Å²) in [7, 11) is 0. The van der Waals surface area contributed by atoms with Gasteiger partial charge in [-0.15, -0.1) is 0 Å². The number of imide groups is 1. The number of halogens is 1. The first-order valence-electron chi connectivity index (χ1n) is 9.00. The van der Waals surface area contributed by atoms with E-state index in [1.54, 1.807) is 0 Å². The number of nitrogens with zero attached hydrogens (tertiary/aromatic N) is 1. The summed E-state index contributed by atoms with van der Waals surface area (Å²) in [5.41, 5.74) is 0.439. The maximum Gasteiger partial charge on any atom is 0.338 e. The molecule has 0 aromatic heterocycles. The Bertz CT molecular complexity index is 985. The van der Waals surface area contributed by atoms with Gasteiger partial charge in [0.25, 0.3) is 17.7 Å². The van der Waals surface area contributed by atoms with E-state index in [0.717, 1.165) is 17.0 Å². The van der Waals surface area contributed by atoms with Crippen LogP contribution in [-0.2, 0) is 9.53 Å². The first-order valence-corrected chi connectivity index (χ1v) is 9.00. The molecule has 0 spiro atoms. The Morgan fingerprint density at radius 3 is 2.34 bits per heavy atom. The number of ether oxygens (including phenoxy) is 1. The minimum Gasteiger partial charge on any atom is -0.452 e. The van der Waals surface area contributed by atoms with E-state index < -0.39 is 36.1 Å². The number of amides is 3. The Morgan fingerprint density at radius 2 is 1.69 bits per heavy atom. The third kappa shape index (κ3) is 4.31. The molecule has 2 aromatic rings. The number of carbonyl (C=O) groups excluding carboxylic acids is 4. The molecule has 2 aromatic carbocycles. The Hall–Kier alpha value is -3.55. The highest BCUT2D eigenvalue weighted by Crippen LogP contribution is 2.29. The molecule has 0 unspecified atom stereocenters. The van der Waals surface area contributed by atoms with Crippen molar-refractivity contribution in [2.75, 3.05) is 18.1 Å². The molecule has 3 rings (SSSR count). The lowest BCUT2D eigenvalue weighted by atomic mass is 10.1. The minimum absolute atomic E-state index is 0.0398. The predicted molar refractivity (Wildman–Crippen MR) is 102 cm³/mol. The van der Waals surface area contributed by atoms with E-state index in [-0.39, 0.29) is 28.3 Å². The van der Waals surface area contributed by atoms with Crippen molar-refractivity contribution in [3.8, 4) is 0 Å². The second-order valence-corrected chi connectivity index (χ2v) is 6.96. The van der Waals surface area contributed by atoms with Crippen molar-refractivity contribution in [1.29, 1.82) is 0 Å². The molecule has 8 heteroatoms. The summed E-state index contributed by atoms with van der Waals surface area (Å²) in [5, 5.41) is 2.62. The van der Waals surface area contributed by atoms with Crippen molar-refractivity contribution in [3.63, 3.8) is 0 Å². The number of rotatable bonds is 6. The second-order valence-electron chi connectivity index (χ2n) is 6.96. The summed E-state index contributed by atoms with van der Waals surface area (Å²) < 4.78 is 18.1. The van der Waals surface area contributed by atoms with Gasteiger partial charge < -0.3 is 10.1 Å². The van der Waals surface area contributed by atoms with Crippen LogP contribution in [0.4, 0.5) is 10.1 Å². The van der Waals surface area contributed by atoms with Gasteiger partial charge in [0.15, 0.2) is 6.61 Å². The van der Waals surface area contributed by atoms with E-state index in [9.17, 15) is 23.6 Å². The number of hydrogen-bond donors (Lipinski definition) is 1. The van der Waals surface area contributed by atoms with E-state index in [1.807, 2.05) is 13.8 Å². The molecule has 0 saturated carbocycles. The van der Waals surface area contributed by atoms with Crippen molar-refractivity contribution in [1.82, 2.24) is 5.32 Å². The van der Waals surface area contributed by atoms with Crippen LogP contribution in [0.15, 0.2) is 42.5 Å². The van der Waals surface area contributed by atoms with Crippen LogP contribution in [0.25, 0.3) is 0 Å². The number of esters is 1. The fraction of sp³-hybridized carbons (Fsp3) is 0.238. The number of benzene rings is 2. The van der Waals surface area contributed by atoms with E-state index in [2.05, 4.69) is 5.32 Å². The molecule has 0 radical (unpaired) electrons.